The Morgan fingerprint density at radius 3 is 2.78 bits per heavy atom. The van der Waals surface area contributed by atoms with Gasteiger partial charge in [0.05, 0.1) is 6.61 Å². The number of ether oxygens (including phenoxy) is 1. The number of carboxylic acids is 1. The highest BCUT2D eigenvalue weighted by Gasteiger charge is 2.09. The first-order chi connectivity index (χ1) is 8.65. The maximum Gasteiger partial charge on any atom is 0.339 e. The van der Waals surface area contributed by atoms with Crippen LogP contribution in [0.4, 0.5) is 5.69 Å². The van der Waals surface area contributed by atoms with Crippen molar-refractivity contribution in [1.29, 1.82) is 0 Å². The van der Waals surface area contributed by atoms with Crippen LogP contribution in [-0.4, -0.2) is 35.9 Å². The molecule has 0 aromatic heterocycles. The van der Waals surface area contributed by atoms with Gasteiger partial charge in [-0.3, -0.25) is 0 Å². The molecule has 5 nitrogen and oxygen atoms in total. The van der Waals surface area contributed by atoms with Gasteiger partial charge >= 0.3 is 5.97 Å². The normalized spacial score (nSPS) is 10.3. The van der Waals surface area contributed by atoms with Gasteiger partial charge in [0.2, 0.25) is 0 Å². The largest absolute Gasteiger partial charge is 0.507 e. The summed E-state index contributed by atoms with van der Waals surface area (Å²) in [4.78, 5) is 10.7. The molecule has 0 atom stereocenters. The molecule has 0 heterocycles. The molecule has 1 rings (SSSR count). The van der Waals surface area contributed by atoms with E-state index in [2.05, 4.69) is 12.2 Å². The van der Waals surface area contributed by atoms with E-state index in [4.69, 9.17) is 9.84 Å². The third-order valence-corrected chi connectivity index (χ3v) is 2.45. The molecule has 5 heteroatoms. The molecule has 0 saturated carbocycles. The minimum Gasteiger partial charge on any atom is -0.507 e. The summed E-state index contributed by atoms with van der Waals surface area (Å²) in [5.41, 5.74) is 0.580. The number of hydrogen-bond acceptors (Lipinski definition) is 4. The van der Waals surface area contributed by atoms with E-state index >= 15 is 0 Å². The highest BCUT2D eigenvalue weighted by Crippen LogP contribution is 2.21. The Morgan fingerprint density at radius 1 is 1.39 bits per heavy atom. The number of benzene rings is 1. The Bertz CT molecular complexity index is 393. The number of anilines is 1. The second kappa shape index (κ2) is 7.55. The van der Waals surface area contributed by atoms with Gasteiger partial charge < -0.3 is 20.3 Å². The van der Waals surface area contributed by atoms with Crippen molar-refractivity contribution in [2.45, 2.75) is 19.8 Å². The lowest BCUT2D eigenvalue weighted by Gasteiger charge is -2.08. The van der Waals surface area contributed by atoms with Gasteiger partial charge in [-0.15, -0.1) is 0 Å². The highest BCUT2D eigenvalue weighted by molar-refractivity contribution is 5.91. The van der Waals surface area contributed by atoms with E-state index in [1.54, 1.807) is 6.07 Å². The molecule has 0 aliphatic rings. The molecule has 0 radical (unpaired) electrons. The standard InChI is InChI=1S/C13H19NO4/c1-2-3-7-18-8-6-14-10-4-5-11(13(16)17)12(15)9-10/h4-5,9,14-15H,2-3,6-8H2,1H3,(H,16,17). The molecular formula is C13H19NO4. The summed E-state index contributed by atoms with van der Waals surface area (Å²) in [6.07, 6.45) is 2.16. The van der Waals surface area contributed by atoms with Crippen molar-refractivity contribution in [3.8, 4) is 5.75 Å². The number of carbonyl (C=O) groups is 1. The van der Waals surface area contributed by atoms with Crippen molar-refractivity contribution in [3.63, 3.8) is 0 Å². The maximum absolute atomic E-state index is 10.7. The number of aromatic hydroxyl groups is 1. The van der Waals surface area contributed by atoms with Crippen LogP contribution in [0.3, 0.4) is 0 Å². The molecule has 0 saturated heterocycles. The zero-order valence-corrected chi connectivity index (χ0v) is 10.5. The first-order valence-corrected chi connectivity index (χ1v) is 6.03. The summed E-state index contributed by atoms with van der Waals surface area (Å²) in [7, 11) is 0. The number of rotatable bonds is 8. The van der Waals surface area contributed by atoms with Gasteiger partial charge in [-0.05, 0) is 18.6 Å². The molecule has 3 N–H and O–H groups in total. The molecule has 0 fully saturated rings. The highest BCUT2D eigenvalue weighted by atomic mass is 16.5. The summed E-state index contributed by atoms with van der Waals surface area (Å²) in [6.45, 7) is 4.06. The third kappa shape index (κ3) is 4.63. The van der Waals surface area contributed by atoms with E-state index in [1.807, 2.05) is 0 Å². The molecule has 100 valence electrons. The van der Waals surface area contributed by atoms with Crippen LogP contribution in [0.25, 0.3) is 0 Å². The quantitative estimate of drug-likeness (QED) is 0.620. The molecular weight excluding hydrogens is 234 g/mol. The lowest BCUT2D eigenvalue weighted by Crippen LogP contribution is -2.10. The van der Waals surface area contributed by atoms with Crippen molar-refractivity contribution < 1.29 is 19.7 Å². The van der Waals surface area contributed by atoms with Gasteiger partial charge in [0.15, 0.2) is 0 Å². The second-order valence-corrected chi connectivity index (χ2v) is 3.93. The van der Waals surface area contributed by atoms with Gasteiger partial charge in [-0.25, -0.2) is 4.79 Å². The van der Waals surface area contributed by atoms with Crippen LogP contribution in [0.1, 0.15) is 30.1 Å². The Hall–Kier alpha value is -1.75. The van der Waals surface area contributed by atoms with Crippen LogP contribution in [0, 0.1) is 0 Å². The lowest BCUT2D eigenvalue weighted by atomic mass is 10.2. The number of hydrogen-bond donors (Lipinski definition) is 3. The van der Waals surface area contributed by atoms with Gasteiger partial charge in [0.25, 0.3) is 0 Å². The summed E-state index contributed by atoms with van der Waals surface area (Å²) in [6, 6.07) is 4.39. The first-order valence-electron chi connectivity index (χ1n) is 6.03. The van der Waals surface area contributed by atoms with E-state index in [0.717, 1.165) is 19.4 Å². The lowest BCUT2D eigenvalue weighted by molar-refractivity contribution is 0.0694. The zero-order valence-electron chi connectivity index (χ0n) is 10.5. The van der Waals surface area contributed by atoms with Crippen molar-refractivity contribution >= 4 is 11.7 Å². The van der Waals surface area contributed by atoms with Gasteiger partial charge in [-0.1, -0.05) is 13.3 Å². The molecule has 0 amide bonds. The molecule has 0 bridgehead atoms. The summed E-state index contributed by atoms with van der Waals surface area (Å²) < 4.78 is 5.37. The first kappa shape index (κ1) is 14.3. The smallest absolute Gasteiger partial charge is 0.339 e. The predicted molar refractivity (Wildman–Crippen MR) is 69.3 cm³/mol. The Labute approximate surface area is 106 Å². The van der Waals surface area contributed by atoms with Crippen molar-refractivity contribution in [2.75, 3.05) is 25.1 Å². The maximum atomic E-state index is 10.7. The molecule has 1 aromatic rings. The fraction of sp³-hybridized carbons (Fsp3) is 0.462. The average molecular weight is 253 g/mol. The summed E-state index contributed by atoms with van der Waals surface area (Å²) >= 11 is 0. The number of phenols is 1. The topological polar surface area (TPSA) is 78.8 Å². The second-order valence-electron chi connectivity index (χ2n) is 3.93. The monoisotopic (exact) mass is 253 g/mol. The molecule has 0 spiro atoms. The van der Waals surface area contributed by atoms with E-state index < -0.39 is 5.97 Å². The van der Waals surface area contributed by atoms with Gasteiger partial charge in [0.1, 0.15) is 11.3 Å². The fourth-order valence-electron chi connectivity index (χ4n) is 1.44. The van der Waals surface area contributed by atoms with E-state index in [-0.39, 0.29) is 11.3 Å². The molecule has 0 aliphatic heterocycles. The minimum atomic E-state index is -1.14. The van der Waals surface area contributed by atoms with Crippen LogP contribution in [0.2, 0.25) is 0 Å². The molecule has 0 unspecified atom stereocenters. The Balaban J connectivity index is 2.35. The van der Waals surface area contributed by atoms with Crippen LogP contribution >= 0.6 is 0 Å². The van der Waals surface area contributed by atoms with Crippen LogP contribution in [-0.2, 0) is 4.74 Å². The van der Waals surface area contributed by atoms with Crippen LogP contribution in [0.15, 0.2) is 18.2 Å². The predicted octanol–water partition coefficient (Wildman–Crippen LogP) is 2.32. The number of aromatic carboxylic acids is 1. The van der Waals surface area contributed by atoms with Crippen LogP contribution in [0.5, 0.6) is 5.75 Å². The minimum absolute atomic E-state index is 0.0975. The Kier molecular flexibility index (Phi) is 6.00. The SMILES string of the molecule is CCCCOCCNc1ccc(C(=O)O)c(O)c1. The van der Waals surface area contributed by atoms with Crippen molar-refractivity contribution in [1.82, 2.24) is 0 Å². The molecule has 0 aliphatic carbocycles. The fourth-order valence-corrected chi connectivity index (χ4v) is 1.44. The number of carboxylic acid groups (broad SMARTS) is 1. The Morgan fingerprint density at radius 2 is 2.17 bits per heavy atom. The van der Waals surface area contributed by atoms with E-state index in [0.29, 0.717) is 18.8 Å². The van der Waals surface area contributed by atoms with Crippen molar-refractivity contribution in [3.05, 3.63) is 23.8 Å². The van der Waals surface area contributed by atoms with Crippen molar-refractivity contribution in [2.24, 2.45) is 0 Å². The number of unbranched alkanes of at least 4 members (excludes halogenated alkanes) is 1. The number of nitrogens with one attached hydrogen (secondary N) is 1. The third-order valence-electron chi connectivity index (χ3n) is 2.45. The molecule has 18 heavy (non-hydrogen) atoms. The van der Waals surface area contributed by atoms with E-state index in [1.165, 1.54) is 12.1 Å². The average Bonchev–Trinajstić information content (AvgIpc) is 2.33. The van der Waals surface area contributed by atoms with E-state index in [9.17, 15) is 9.90 Å². The van der Waals surface area contributed by atoms with Crippen LogP contribution < -0.4 is 5.32 Å². The molecule has 1 aromatic carbocycles. The zero-order chi connectivity index (χ0) is 13.4. The summed E-state index contributed by atoms with van der Waals surface area (Å²) in [5.74, 6) is -1.37. The summed E-state index contributed by atoms with van der Waals surface area (Å²) in [5, 5.41) is 21.3. The van der Waals surface area contributed by atoms with Gasteiger partial charge in [-0.2, -0.15) is 0 Å². The van der Waals surface area contributed by atoms with Gasteiger partial charge in [0, 0.05) is 24.9 Å².